The smallest absolute Gasteiger partial charge is 0.372 e. The van der Waals surface area contributed by atoms with Gasteiger partial charge in [-0.3, -0.25) is 4.79 Å². The van der Waals surface area contributed by atoms with Gasteiger partial charge in [0, 0.05) is 12.1 Å². The van der Waals surface area contributed by atoms with E-state index in [1.54, 1.807) is 0 Å². The summed E-state index contributed by atoms with van der Waals surface area (Å²) in [6.07, 6.45) is -7.91. The van der Waals surface area contributed by atoms with Crippen LogP contribution in [-0.4, -0.2) is 37.8 Å². The summed E-state index contributed by atoms with van der Waals surface area (Å²) in [4.78, 5) is 12.4. The first-order valence-corrected chi connectivity index (χ1v) is 11.3. The molecule has 2 aromatic rings. The number of alkyl halides is 5. The fourth-order valence-corrected chi connectivity index (χ4v) is 4.78. The fraction of sp³-hybridized carbons (Fsp3) is 0.381. The van der Waals surface area contributed by atoms with E-state index in [4.69, 9.17) is 0 Å². The molecule has 174 valence electrons. The SMILES string of the molecule is O=C(NCc1ccc(S(=O)(=O)CC2CC2)cc1)c1ccc(C(O)(C(F)F)C(F)(F)F)cc1. The number of nitrogens with one attached hydrogen (secondary N) is 1. The van der Waals surface area contributed by atoms with E-state index in [2.05, 4.69) is 5.32 Å². The monoisotopic (exact) mass is 477 g/mol. The largest absolute Gasteiger partial charge is 0.427 e. The molecule has 0 bridgehead atoms. The van der Waals surface area contributed by atoms with Crippen LogP contribution in [0.3, 0.4) is 0 Å². The van der Waals surface area contributed by atoms with Gasteiger partial charge in [0.1, 0.15) is 0 Å². The van der Waals surface area contributed by atoms with Gasteiger partial charge in [0.05, 0.1) is 10.6 Å². The van der Waals surface area contributed by atoms with E-state index in [0.29, 0.717) is 17.7 Å². The van der Waals surface area contributed by atoms with Crippen molar-refractivity contribution in [2.45, 2.75) is 42.5 Å². The lowest BCUT2D eigenvalue weighted by Crippen LogP contribution is -2.48. The van der Waals surface area contributed by atoms with Crippen LogP contribution in [0.15, 0.2) is 53.4 Å². The summed E-state index contributed by atoms with van der Waals surface area (Å²) >= 11 is 0. The van der Waals surface area contributed by atoms with Crippen molar-refractivity contribution >= 4 is 15.7 Å². The molecule has 1 aliphatic rings. The molecule has 1 saturated carbocycles. The first-order valence-electron chi connectivity index (χ1n) is 9.62. The third-order valence-electron chi connectivity index (χ3n) is 5.22. The van der Waals surface area contributed by atoms with Crippen LogP contribution in [0.1, 0.15) is 34.3 Å². The highest BCUT2D eigenvalue weighted by atomic mass is 32.2. The van der Waals surface area contributed by atoms with Gasteiger partial charge in [-0.15, -0.1) is 0 Å². The van der Waals surface area contributed by atoms with E-state index in [9.17, 15) is 40.3 Å². The zero-order chi connectivity index (χ0) is 23.7. The predicted octanol–water partition coefficient (Wildman–Crippen LogP) is 3.82. The highest BCUT2D eigenvalue weighted by Crippen LogP contribution is 2.43. The molecule has 1 aliphatic carbocycles. The Labute approximate surface area is 181 Å². The molecule has 1 fully saturated rings. The maximum atomic E-state index is 12.9. The van der Waals surface area contributed by atoms with E-state index in [0.717, 1.165) is 25.0 Å². The molecule has 32 heavy (non-hydrogen) atoms. The zero-order valence-electron chi connectivity index (χ0n) is 16.6. The lowest BCUT2D eigenvalue weighted by atomic mass is 9.92. The summed E-state index contributed by atoms with van der Waals surface area (Å²) < 4.78 is 89.1. The van der Waals surface area contributed by atoms with E-state index >= 15 is 0 Å². The lowest BCUT2D eigenvalue weighted by molar-refractivity contribution is -0.305. The Balaban J connectivity index is 1.64. The van der Waals surface area contributed by atoms with Crippen LogP contribution < -0.4 is 5.32 Å². The number of carbonyl (C=O) groups is 1. The minimum Gasteiger partial charge on any atom is -0.372 e. The van der Waals surface area contributed by atoms with Crippen molar-refractivity contribution in [2.24, 2.45) is 5.92 Å². The average Bonchev–Trinajstić information content (AvgIpc) is 3.54. The molecular formula is C21H20F5NO4S. The third-order valence-corrected chi connectivity index (χ3v) is 7.12. The molecule has 1 unspecified atom stereocenters. The van der Waals surface area contributed by atoms with Crippen LogP contribution >= 0.6 is 0 Å². The molecule has 0 aliphatic heterocycles. The number of aliphatic hydroxyl groups is 1. The average molecular weight is 477 g/mol. The van der Waals surface area contributed by atoms with Crippen LogP contribution in [-0.2, 0) is 22.0 Å². The number of hydrogen-bond acceptors (Lipinski definition) is 4. The molecule has 1 amide bonds. The Morgan fingerprint density at radius 2 is 1.59 bits per heavy atom. The van der Waals surface area contributed by atoms with Crippen molar-refractivity contribution in [3.8, 4) is 0 Å². The molecule has 1 atom stereocenters. The van der Waals surface area contributed by atoms with Crippen LogP contribution in [0.4, 0.5) is 22.0 Å². The lowest BCUT2D eigenvalue weighted by Gasteiger charge is -2.30. The predicted molar refractivity (Wildman–Crippen MR) is 105 cm³/mol. The second-order valence-corrected chi connectivity index (χ2v) is 9.73. The molecule has 0 aromatic heterocycles. The summed E-state index contributed by atoms with van der Waals surface area (Å²) in [5, 5.41) is 12.0. The minimum absolute atomic E-state index is 0.00700. The molecular weight excluding hydrogens is 457 g/mol. The van der Waals surface area contributed by atoms with Gasteiger partial charge in [0.2, 0.25) is 5.60 Å². The molecule has 2 N–H and O–H groups in total. The molecule has 3 rings (SSSR count). The number of rotatable bonds is 8. The Morgan fingerprint density at radius 1 is 1.03 bits per heavy atom. The minimum atomic E-state index is -5.61. The van der Waals surface area contributed by atoms with Gasteiger partial charge < -0.3 is 10.4 Å². The summed E-state index contributed by atoms with van der Waals surface area (Å²) in [7, 11) is -3.36. The number of amides is 1. The van der Waals surface area contributed by atoms with Crippen LogP contribution in [0.2, 0.25) is 0 Å². The first kappa shape index (κ1) is 24.1. The highest BCUT2D eigenvalue weighted by molar-refractivity contribution is 7.91. The number of benzene rings is 2. The molecule has 5 nitrogen and oxygen atoms in total. The number of hydrogen-bond donors (Lipinski definition) is 2. The summed E-state index contributed by atoms with van der Waals surface area (Å²) in [5.74, 6) is -0.374. The second kappa shape index (κ2) is 8.78. The standard InChI is InChI=1S/C21H20F5NO4S/c22-19(23)20(29,21(24,25)26)16-7-5-15(6-8-16)18(28)27-11-13-3-9-17(10-4-13)32(30,31)12-14-1-2-14/h3-10,14,19,29H,1-2,11-12H2,(H,27,28). The summed E-state index contributed by atoms with van der Waals surface area (Å²) in [6, 6.07) is 8.99. The first-order chi connectivity index (χ1) is 14.8. The zero-order valence-corrected chi connectivity index (χ0v) is 17.4. The quantitative estimate of drug-likeness (QED) is 0.567. The summed E-state index contributed by atoms with van der Waals surface area (Å²) in [5.41, 5.74) is -4.94. The van der Waals surface area contributed by atoms with Crippen LogP contribution in [0.25, 0.3) is 0 Å². The third kappa shape index (κ3) is 5.09. The van der Waals surface area contributed by atoms with Crippen LogP contribution in [0, 0.1) is 5.92 Å². The number of sulfone groups is 1. The van der Waals surface area contributed by atoms with Gasteiger partial charge in [-0.1, -0.05) is 24.3 Å². The molecule has 2 aromatic carbocycles. The Kier molecular flexibility index (Phi) is 6.62. The maximum absolute atomic E-state index is 12.9. The topological polar surface area (TPSA) is 83.5 Å². The normalized spacial score (nSPS) is 16.6. The van der Waals surface area contributed by atoms with Gasteiger partial charge >= 0.3 is 6.18 Å². The van der Waals surface area contributed by atoms with E-state index in [1.807, 2.05) is 0 Å². The fourth-order valence-electron chi connectivity index (χ4n) is 3.08. The summed E-state index contributed by atoms with van der Waals surface area (Å²) in [6.45, 7) is 0.00700. The van der Waals surface area contributed by atoms with Gasteiger partial charge in [-0.2, -0.15) is 13.2 Å². The number of halogens is 5. The molecule has 0 spiro atoms. The molecule has 0 radical (unpaired) electrons. The maximum Gasteiger partial charge on any atom is 0.427 e. The van der Waals surface area contributed by atoms with Gasteiger partial charge in [0.15, 0.2) is 9.84 Å². The molecule has 11 heteroatoms. The van der Waals surface area contributed by atoms with E-state index in [1.165, 1.54) is 24.3 Å². The van der Waals surface area contributed by atoms with Gasteiger partial charge in [-0.25, -0.2) is 17.2 Å². The number of carbonyl (C=O) groups excluding carboxylic acids is 1. The molecule has 0 saturated heterocycles. The Hall–Kier alpha value is -2.53. The Bertz CT molecular complexity index is 1060. The van der Waals surface area contributed by atoms with E-state index < -0.39 is 39.5 Å². The van der Waals surface area contributed by atoms with Crippen molar-refractivity contribution in [1.29, 1.82) is 0 Å². The van der Waals surface area contributed by atoms with Crippen molar-refractivity contribution < 1.29 is 40.3 Å². The van der Waals surface area contributed by atoms with Gasteiger partial charge in [0.25, 0.3) is 12.3 Å². The highest BCUT2D eigenvalue weighted by Gasteiger charge is 2.61. The van der Waals surface area contributed by atoms with Gasteiger partial charge in [-0.05, 0) is 54.2 Å². The van der Waals surface area contributed by atoms with E-state index in [-0.39, 0.29) is 28.7 Å². The van der Waals surface area contributed by atoms with Crippen LogP contribution in [0.5, 0.6) is 0 Å². The molecule has 0 heterocycles. The van der Waals surface area contributed by atoms with Crippen molar-refractivity contribution in [1.82, 2.24) is 5.32 Å². The van der Waals surface area contributed by atoms with Crippen molar-refractivity contribution in [3.05, 3.63) is 65.2 Å². The Morgan fingerprint density at radius 3 is 2.06 bits per heavy atom. The van der Waals surface area contributed by atoms with Crippen molar-refractivity contribution in [3.63, 3.8) is 0 Å². The van der Waals surface area contributed by atoms with Crippen molar-refractivity contribution in [2.75, 3.05) is 5.75 Å². The second-order valence-electron chi connectivity index (χ2n) is 7.69.